The Morgan fingerprint density at radius 1 is 1.35 bits per heavy atom. The molecule has 1 unspecified atom stereocenters. The van der Waals surface area contributed by atoms with Gasteiger partial charge in [-0.05, 0) is 44.8 Å². The van der Waals surface area contributed by atoms with Crippen molar-refractivity contribution in [2.75, 3.05) is 32.8 Å². The molecule has 2 aliphatic rings. The van der Waals surface area contributed by atoms with Crippen molar-refractivity contribution in [2.24, 2.45) is 0 Å². The first-order valence-corrected chi connectivity index (χ1v) is 8.87. The van der Waals surface area contributed by atoms with Gasteiger partial charge in [0.1, 0.15) is 6.26 Å². The molecule has 0 bridgehead atoms. The van der Waals surface area contributed by atoms with Crippen molar-refractivity contribution in [3.63, 3.8) is 0 Å². The van der Waals surface area contributed by atoms with Gasteiger partial charge in [-0.25, -0.2) is 0 Å². The number of carbonyl (C=O) groups excluding carboxylic acids is 1. The lowest BCUT2D eigenvalue weighted by molar-refractivity contribution is -0.129. The summed E-state index contributed by atoms with van der Waals surface area (Å²) in [5, 5.41) is 0. The molecule has 5 heteroatoms. The molecular weight excluding hydrogens is 292 g/mol. The van der Waals surface area contributed by atoms with Gasteiger partial charge in [0, 0.05) is 25.7 Å². The zero-order chi connectivity index (χ0) is 16.3. The number of hydrogen-bond donors (Lipinski definition) is 0. The Morgan fingerprint density at radius 2 is 2.09 bits per heavy atom. The highest BCUT2D eigenvalue weighted by atomic mass is 16.5. The molecule has 2 aliphatic heterocycles. The molecule has 3 rings (SSSR count). The minimum absolute atomic E-state index is 0.0291. The van der Waals surface area contributed by atoms with Crippen molar-refractivity contribution in [3.05, 3.63) is 24.2 Å². The predicted molar refractivity (Wildman–Crippen MR) is 88.5 cm³/mol. The van der Waals surface area contributed by atoms with Gasteiger partial charge < -0.3 is 19.0 Å². The van der Waals surface area contributed by atoms with Crippen LogP contribution in [0.4, 0.5) is 0 Å². The largest absolute Gasteiger partial charge is 0.472 e. The Bertz CT molecular complexity index is 502. The maximum atomic E-state index is 12.4. The fraction of sp³-hybridized carbons (Fsp3) is 0.722. The molecule has 128 valence electrons. The van der Waals surface area contributed by atoms with Gasteiger partial charge in [-0.15, -0.1) is 0 Å². The van der Waals surface area contributed by atoms with Crippen molar-refractivity contribution in [1.29, 1.82) is 0 Å². The molecule has 0 aliphatic carbocycles. The van der Waals surface area contributed by atoms with Gasteiger partial charge in [0.25, 0.3) is 5.91 Å². The summed E-state index contributed by atoms with van der Waals surface area (Å²) in [4.78, 5) is 16.9. The van der Waals surface area contributed by atoms with Gasteiger partial charge in [-0.3, -0.25) is 4.79 Å². The number of carbonyl (C=O) groups is 1. The standard InChI is InChI=1S/C18H28N2O3/c1-3-19(4-2)16-6-12-23-18(13-16)7-9-20(10-8-18)17(21)15-5-11-22-14-15/h5,11,14,16H,3-4,6-10,12-13H2,1-2H3. The molecule has 23 heavy (non-hydrogen) atoms. The first-order valence-electron chi connectivity index (χ1n) is 8.87. The lowest BCUT2D eigenvalue weighted by atomic mass is 9.81. The average Bonchev–Trinajstić information content (AvgIpc) is 3.11. The summed E-state index contributed by atoms with van der Waals surface area (Å²) in [6.07, 6.45) is 7.18. The third-order valence-electron chi connectivity index (χ3n) is 5.53. The Labute approximate surface area is 138 Å². The van der Waals surface area contributed by atoms with Crippen LogP contribution in [0.5, 0.6) is 0 Å². The zero-order valence-corrected chi connectivity index (χ0v) is 14.3. The van der Waals surface area contributed by atoms with Gasteiger partial charge in [0.05, 0.1) is 17.4 Å². The van der Waals surface area contributed by atoms with Crippen molar-refractivity contribution < 1.29 is 13.9 Å². The molecule has 2 fully saturated rings. The molecule has 3 heterocycles. The van der Waals surface area contributed by atoms with Crippen molar-refractivity contribution >= 4 is 5.91 Å². The summed E-state index contributed by atoms with van der Waals surface area (Å²) >= 11 is 0. The number of ether oxygens (including phenoxy) is 1. The maximum Gasteiger partial charge on any atom is 0.257 e. The molecule has 1 atom stereocenters. The highest BCUT2D eigenvalue weighted by Crippen LogP contribution is 2.37. The Hall–Kier alpha value is -1.33. The van der Waals surface area contributed by atoms with E-state index in [0.29, 0.717) is 11.6 Å². The van der Waals surface area contributed by atoms with Gasteiger partial charge in [-0.1, -0.05) is 13.8 Å². The number of piperidine rings is 1. The Morgan fingerprint density at radius 3 is 2.70 bits per heavy atom. The zero-order valence-electron chi connectivity index (χ0n) is 14.3. The second-order valence-corrected chi connectivity index (χ2v) is 6.70. The molecular formula is C18H28N2O3. The quantitative estimate of drug-likeness (QED) is 0.856. The molecule has 1 aromatic rings. The summed E-state index contributed by atoms with van der Waals surface area (Å²) in [5.74, 6) is 0.0738. The van der Waals surface area contributed by atoms with Crippen molar-refractivity contribution in [1.82, 2.24) is 9.80 Å². The average molecular weight is 320 g/mol. The monoisotopic (exact) mass is 320 g/mol. The van der Waals surface area contributed by atoms with E-state index in [1.54, 1.807) is 12.3 Å². The minimum Gasteiger partial charge on any atom is -0.472 e. The van der Waals surface area contributed by atoms with E-state index < -0.39 is 0 Å². The van der Waals surface area contributed by atoms with E-state index in [4.69, 9.17) is 9.15 Å². The van der Waals surface area contributed by atoms with Gasteiger partial charge in [-0.2, -0.15) is 0 Å². The normalized spacial score (nSPS) is 24.3. The van der Waals surface area contributed by atoms with E-state index in [9.17, 15) is 4.79 Å². The van der Waals surface area contributed by atoms with E-state index in [1.165, 1.54) is 6.26 Å². The smallest absolute Gasteiger partial charge is 0.257 e. The summed E-state index contributed by atoms with van der Waals surface area (Å²) in [6, 6.07) is 2.36. The van der Waals surface area contributed by atoms with E-state index >= 15 is 0 Å². The van der Waals surface area contributed by atoms with Gasteiger partial charge in [0.2, 0.25) is 0 Å². The van der Waals surface area contributed by atoms with Crippen LogP contribution in [0.3, 0.4) is 0 Å². The van der Waals surface area contributed by atoms with Crippen LogP contribution in [-0.2, 0) is 4.74 Å². The summed E-state index contributed by atoms with van der Waals surface area (Å²) < 4.78 is 11.2. The van der Waals surface area contributed by atoms with Crippen LogP contribution >= 0.6 is 0 Å². The number of nitrogens with zero attached hydrogens (tertiary/aromatic N) is 2. The Balaban J connectivity index is 1.60. The molecule has 0 radical (unpaired) electrons. The van der Waals surface area contributed by atoms with Crippen molar-refractivity contribution in [2.45, 2.75) is 51.2 Å². The Kier molecular flexibility index (Phi) is 5.07. The number of furan rings is 1. The van der Waals surface area contributed by atoms with E-state index in [2.05, 4.69) is 18.7 Å². The highest BCUT2D eigenvalue weighted by molar-refractivity contribution is 5.93. The molecule has 0 saturated carbocycles. The number of amides is 1. The van der Waals surface area contributed by atoms with Crippen LogP contribution in [-0.4, -0.2) is 60.1 Å². The van der Waals surface area contributed by atoms with Crippen LogP contribution in [0.25, 0.3) is 0 Å². The second kappa shape index (κ2) is 7.05. The molecule has 1 amide bonds. The van der Waals surface area contributed by atoms with E-state index in [1.807, 2.05) is 4.90 Å². The van der Waals surface area contributed by atoms with Crippen LogP contribution in [0.15, 0.2) is 23.0 Å². The first-order chi connectivity index (χ1) is 11.2. The van der Waals surface area contributed by atoms with Crippen LogP contribution in [0.2, 0.25) is 0 Å². The lowest BCUT2D eigenvalue weighted by Gasteiger charge is -2.48. The second-order valence-electron chi connectivity index (χ2n) is 6.70. The van der Waals surface area contributed by atoms with Crippen molar-refractivity contribution in [3.8, 4) is 0 Å². The summed E-state index contributed by atoms with van der Waals surface area (Å²) in [6.45, 7) is 9.06. The third-order valence-corrected chi connectivity index (χ3v) is 5.53. The van der Waals surface area contributed by atoms with Gasteiger partial charge >= 0.3 is 0 Å². The SMILES string of the molecule is CCN(CC)C1CCOC2(CCN(C(=O)c3ccoc3)CC2)C1. The van der Waals surface area contributed by atoms with Crippen LogP contribution in [0.1, 0.15) is 49.9 Å². The lowest BCUT2D eigenvalue weighted by Crippen LogP contribution is -2.54. The predicted octanol–water partition coefficient (Wildman–Crippen LogP) is 2.78. The highest BCUT2D eigenvalue weighted by Gasteiger charge is 2.42. The summed E-state index contributed by atoms with van der Waals surface area (Å²) in [7, 11) is 0. The third kappa shape index (κ3) is 3.45. The topological polar surface area (TPSA) is 45.9 Å². The number of likely N-dealkylation sites (tertiary alicyclic amines) is 1. The fourth-order valence-electron chi connectivity index (χ4n) is 4.09. The fourth-order valence-corrected chi connectivity index (χ4v) is 4.09. The molecule has 0 aromatic carbocycles. The van der Waals surface area contributed by atoms with E-state index in [-0.39, 0.29) is 11.5 Å². The minimum atomic E-state index is -0.0291. The summed E-state index contributed by atoms with van der Waals surface area (Å²) in [5.41, 5.74) is 0.616. The molecule has 2 saturated heterocycles. The van der Waals surface area contributed by atoms with Crippen LogP contribution < -0.4 is 0 Å². The number of rotatable bonds is 4. The van der Waals surface area contributed by atoms with E-state index in [0.717, 1.165) is 58.5 Å². The molecule has 1 spiro atoms. The van der Waals surface area contributed by atoms with Gasteiger partial charge in [0.15, 0.2) is 0 Å². The molecule has 5 nitrogen and oxygen atoms in total. The van der Waals surface area contributed by atoms with Crippen LogP contribution in [0, 0.1) is 0 Å². The molecule has 0 N–H and O–H groups in total. The molecule has 1 aromatic heterocycles. The maximum absolute atomic E-state index is 12.4. The first kappa shape index (κ1) is 16.5. The number of hydrogen-bond acceptors (Lipinski definition) is 4.